The molecule has 1 aliphatic heterocycles. The quantitative estimate of drug-likeness (QED) is 0.883. The van der Waals surface area contributed by atoms with Crippen LogP contribution in [-0.2, 0) is 9.59 Å². The summed E-state index contributed by atoms with van der Waals surface area (Å²) in [4.78, 5) is 24.0. The third-order valence-electron chi connectivity index (χ3n) is 3.21. The number of hydrogen-bond acceptors (Lipinski definition) is 3. The van der Waals surface area contributed by atoms with E-state index in [1.165, 1.54) is 0 Å². The summed E-state index contributed by atoms with van der Waals surface area (Å²) < 4.78 is 6.52. The number of carbonyl (C=O) groups is 2. The highest BCUT2D eigenvalue weighted by Crippen LogP contribution is 2.29. The van der Waals surface area contributed by atoms with Gasteiger partial charge in [-0.25, -0.2) is 0 Å². The Morgan fingerprint density at radius 3 is 2.68 bits per heavy atom. The number of amides is 2. The summed E-state index contributed by atoms with van der Waals surface area (Å²) in [6.45, 7) is 0. The molecule has 2 aromatic carbocycles. The summed E-state index contributed by atoms with van der Waals surface area (Å²) in [5.74, 6) is -0.0185. The van der Waals surface area contributed by atoms with Gasteiger partial charge in [0.05, 0.1) is 12.1 Å². The highest BCUT2D eigenvalue weighted by atomic mass is 79.9. The van der Waals surface area contributed by atoms with E-state index >= 15 is 0 Å². The molecule has 1 atom stereocenters. The zero-order chi connectivity index (χ0) is 15.5. The molecule has 2 amide bonds. The lowest BCUT2D eigenvalue weighted by molar-refractivity contribution is -0.128. The van der Waals surface area contributed by atoms with Gasteiger partial charge >= 0.3 is 0 Å². The molecule has 5 nitrogen and oxygen atoms in total. The van der Waals surface area contributed by atoms with Crippen molar-refractivity contribution in [3.63, 3.8) is 0 Å². The number of ether oxygens (including phenoxy) is 1. The number of benzene rings is 2. The van der Waals surface area contributed by atoms with Crippen molar-refractivity contribution in [1.82, 2.24) is 0 Å². The number of nitrogens with one attached hydrogen (secondary N) is 2. The molecule has 6 heteroatoms. The molecule has 22 heavy (non-hydrogen) atoms. The smallest absolute Gasteiger partial charge is 0.266 e. The Hall–Kier alpha value is -2.34. The molecule has 2 N–H and O–H groups in total. The van der Waals surface area contributed by atoms with Gasteiger partial charge < -0.3 is 15.4 Å². The second-order valence-electron chi connectivity index (χ2n) is 4.85. The number of hydrogen-bond donors (Lipinski definition) is 2. The first-order valence-electron chi connectivity index (χ1n) is 6.74. The average molecular weight is 361 g/mol. The van der Waals surface area contributed by atoms with Gasteiger partial charge in [0.2, 0.25) is 5.91 Å². The Morgan fingerprint density at radius 2 is 1.91 bits per heavy atom. The second-order valence-corrected chi connectivity index (χ2v) is 5.77. The molecule has 112 valence electrons. The van der Waals surface area contributed by atoms with E-state index in [-0.39, 0.29) is 18.2 Å². The number of fused-ring (bicyclic) bond motifs is 1. The van der Waals surface area contributed by atoms with Gasteiger partial charge in [0.25, 0.3) is 5.91 Å². The Bertz CT molecular complexity index is 716. The van der Waals surface area contributed by atoms with E-state index < -0.39 is 6.10 Å². The standard InChI is InChI=1S/C16H13BrN2O3/c17-10-5-7-11(8-6-10)18-15(20)9-14-16(21)19-12-3-1-2-4-13(12)22-14/h1-8,14H,9H2,(H,18,20)(H,19,21)/t14-/m1/s1. The summed E-state index contributed by atoms with van der Waals surface area (Å²) in [5.41, 5.74) is 1.29. The molecule has 1 heterocycles. The number of para-hydroxylation sites is 2. The van der Waals surface area contributed by atoms with Crippen molar-refractivity contribution in [1.29, 1.82) is 0 Å². The van der Waals surface area contributed by atoms with Gasteiger partial charge in [-0.3, -0.25) is 9.59 Å². The maximum Gasteiger partial charge on any atom is 0.266 e. The Balaban J connectivity index is 1.64. The van der Waals surface area contributed by atoms with E-state index in [9.17, 15) is 9.59 Å². The minimum absolute atomic E-state index is 0.0454. The molecule has 0 spiro atoms. The first kappa shape index (κ1) is 14.6. The Morgan fingerprint density at radius 1 is 1.18 bits per heavy atom. The fourth-order valence-electron chi connectivity index (χ4n) is 2.14. The van der Waals surface area contributed by atoms with Crippen LogP contribution in [0.1, 0.15) is 6.42 Å². The molecule has 0 unspecified atom stereocenters. The van der Waals surface area contributed by atoms with Crippen LogP contribution >= 0.6 is 15.9 Å². The maximum absolute atomic E-state index is 12.0. The molecule has 0 radical (unpaired) electrons. The van der Waals surface area contributed by atoms with E-state index in [0.29, 0.717) is 17.1 Å². The van der Waals surface area contributed by atoms with Gasteiger partial charge in [0.1, 0.15) is 5.75 Å². The Kier molecular flexibility index (Phi) is 4.11. The van der Waals surface area contributed by atoms with Crippen molar-refractivity contribution in [2.45, 2.75) is 12.5 Å². The molecule has 0 fully saturated rings. The molecule has 0 bridgehead atoms. The number of anilines is 2. The van der Waals surface area contributed by atoms with E-state index in [0.717, 1.165) is 4.47 Å². The first-order chi connectivity index (χ1) is 10.6. The largest absolute Gasteiger partial charge is 0.478 e. The third-order valence-corrected chi connectivity index (χ3v) is 3.73. The Labute approximate surface area is 135 Å². The summed E-state index contributed by atoms with van der Waals surface area (Å²) in [7, 11) is 0. The monoisotopic (exact) mass is 360 g/mol. The molecule has 0 saturated carbocycles. The molecule has 0 saturated heterocycles. The molecular formula is C16H13BrN2O3. The molecule has 0 aromatic heterocycles. The molecule has 2 aromatic rings. The number of halogens is 1. The summed E-state index contributed by atoms with van der Waals surface area (Å²) in [6.07, 6.45) is -0.874. The molecule has 1 aliphatic rings. The maximum atomic E-state index is 12.0. The lowest BCUT2D eigenvalue weighted by atomic mass is 10.1. The van der Waals surface area contributed by atoms with Crippen LogP contribution in [0.5, 0.6) is 5.75 Å². The average Bonchev–Trinajstić information content (AvgIpc) is 2.50. The fraction of sp³-hybridized carbons (Fsp3) is 0.125. The van der Waals surface area contributed by atoms with Gasteiger partial charge in [-0.15, -0.1) is 0 Å². The van der Waals surface area contributed by atoms with E-state index in [4.69, 9.17) is 4.74 Å². The van der Waals surface area contributed by atoms with Crippen molar-refractivity contribution >= 4 is 39.1 Å². The highest BCUT2D eigenvalue weighted by molar-refractivity contribution is 9.10. The summed E-state index contributed by atoms with van der Waals surface area (Å²) in [6, 6.07) is 14.3. The minimum Gasteiger partial charge on any atom is -0.478 e. The van der Waals surface area contributed by atoms with Crippen LogP contribution < -0.4 is 15.4 Å². The molecular weight excluding hydrogens is 348 g/mol. The summed E-state index contributed by atoms with van der Waals surface area (Å²) >= 11 is 3.33. The van der Waals surface area contributed by atoms with Crippen molar-refractivity contribution < 1.29 is 14.3 Å². The molecule has 3 rings (SSSR count). The topological polar surface area (TPSA) is 67.4 Å². The molecule has 0 aliphatic carbocycles. The van der Waals surface area contributed by atoms with Crippen LogP contribution in [-0.4, -0.2) is 17.9 Å². The normalized spacial score (nSPS) is 16.2. The zero-order valence-electron chi connectivity index (χ0n) is 11.5. The van der Waals surface area contributed by atoms with Crippen LogP contribution in [0.15, 0.2) is 53.0 Å². The zero-order valence-corrected chi connectivity index (χ0v) is 13.1. The highest BCUT2D eigenvalue weighted by Gasteiger charge is 2.29. The van der Waals surface area contributed by atoms with Crippen LogP contribution in [0.4, 0.5) is 11.4 Å². The second kappa shape index (κ2) is 6.19. The van der Waals surface area contributed by atoms with Gasteiger partial charge in [0.15, 0.2) is 6.10 Å². The van der Waals surface area contributed by atoms with Crippen molar-refractivity contribution in [2.24, 2.45) is 0 Å². The minimum atomic E-state index is -0.828. The van der Waals surface area contributed by atoms with Gasteiger partial charge in [0, 0.05) is 10.2 Å². The SMILES string of the molecule is O=C(C[C@H]1Oc2ccccc2NC1=O)Nc1ccc(Br)cc1. The lowest BCUT2D eigenvalue weighted by Gasteiger charge is -2.25. The predicted octanol–water partition coefficient (Wildman–Crippen LogP) is 3.18. The van der Waals surface area contributed by atoms with Crippen LogP contribution in [0.3, 0.4) is 0 Å². The van der Waals surface area contributed by atoms with Gasteiger partial charge in [-0.2, -0.15) is 0 Å². The number of rotatable bonds is 3. The van der Waals surface area contributed by atoms with Crippen molar-refractivity contribution in [3.05, 3.63) is 53.0 Å². The predicted molar refractivity (Wildman–Crippen MR) is 86.9 cm³/mol. The van der Waals surface area contributed by atoms with E-state index in [1.54, 1.807) is 24.3 Å². The van der Waals surface area contributed by atoms with Crippen molar-refractivity contribution in [3.8, 4) is 5.75 Å². The van der Waals surface area contributed by atoms with Crippen LogP contribution in [0, 0.1) is 0 Å². The number of carbonyl (C=O) groups excluding carboxylic acids is 2. The van der Waals surface area contributed by atoms with E-state index in [1.807, 2.05) is 24.3 Å². The lowest BCUT2D eigenvalue weighted by Crippen LogP contribution is -2.39. The van der Waals surface area contributed by atoms with Crippen molar-refractivity contribution in [2.75, 3.05) is 10.6 Å². The fourth-order valence-corrected chi connectivity index (χ4v) is 2.41. The third kappa shape index (κ3) is 3.28. The summed E-state index contributed by atoms with van der Waals surface area (Å²) in [5, 5.41) is 5.48. The van der Waals surface area contributed by atoms with Gasteiger partial charge in [-0.05, 0) is 36.4 Å². The van der Waals surface area contributed by atoms with Crippen LogP contribution in [0.2, 0.25) is 0 Å². The van der Waals surface area contributed by atoms with E-state index in [2.05, 4.69) is 26.6 Å². The van der Waals surface area contributed by atoms with Gasteiger partial charge in [-0.1, -0.05) is 28.1 Å². The first-order valence-corrected chi connectivity index (χ1v) is 7.53. The van der Waals surface area contributed by atoms with Crippen LogP contribution in [0.25, 0.3) is 0 Å².